The van der Waals surface area contributed by atoms with Crippen molar-refractivity contribution in [1.82, 2.24) is 8.87 Å². The van der Waals surface area contributed by atoms with Crippen molar-refractivity contribution in [2.75, 3.05) is 5.75 Å². The van der Waals surface area contributed by atoms with Crippen LogP contribution >= 0.6 is 11.6 Å². The van der Waals surface area contributed by atoms with Gasteiger partial charge in [-0.05, 0) is 57.0 Å². The number of halogens is 1. The van der Waals surface area contributed by atoms with Crippen molar-refractivity contribution in [3.8, 4) is 0 Å². The van der Waals surface area contributed by atoms with Gasteiger partial charge in [-0.25, -0.2) is 8.42 Å². The number of aromatic nitrogens is 1. The lowest BCUT2D eigenvalue weighted by Crippen LogP contribution is -2.46. The lowest BCUT2D eigenvalue weighted by Gasteiger charge is -2.35. The quantitative estimate of drug-likeness (QED) is 0.346. The highest BCUT2D eigenvalue weighted by molar-refractivity contribution is 7.89. The number of rotatable bonds is 12. The van der Waals surface area contributed by atoms with Gasteiger partial charge < -0.3 is 4.57 Å². The van der Waals surface area contributed by atoms with Crippen LogP contribution in [0.4, 0.5) is 0 Å². The van der Waals surface area contributed by atoms with E-state index in [1.807, 2.05) is 63.4 Å². The standard InChI is InChI=1S/C24H37ClN2O2S/c1-5-6-7-8-9-10-17-30(28,29)27(24(2,3)4)20-23-15-12-16-26(23)19-21-13-11-14-22(25)18-21/h11-16,18H,5-10,17,19-20H2,1-4H3. The van der Waals surface area contributed by atoms with Crippen molar-refractivity contribution in [1.29, 1.82) is 0 Å². The van der Waals surface area contributed by atoms with Gasteiger partial charge in [0.25, 0.3) is 0 Å². The molecule has 1 aromatic carbocycles. The topological polar surface area (TPSA) is 42.3 Å². The zero-order valence-electron chi connectivity index (χ0n) is 18.9. The maximum absolute atomic E-state index is 13.2. The summed E-state index contributed by atoms with van der Waals surface area (Å²) in [6.45, 7) is 9.13. The molecule has 1 heterocycles. The molecule has 1 aromatic heterocycles. The second-order valence-electron chi connectivity index (χ2n) is 9.02. The molecule has 2 aromatic rings. The lowest BCUT2D eigenvalue weighted by molar-refractivity contribution is 0.238. The van der Waals surface area contributed by atoms with Crippen LogP contribution in [0.1, 0.15) is 77.5 Å². The smallest absolute Gasteiger partial charge is 0.214 e. The molecule has 168 valence electrons. The number of benzene rings is 1. The van der Waals surface area contributed by atoms with Crippen molar-refractivity contribution < 1.29 is 8.42 Å². The SMILES string of the molecule is CCCCCCCCS(=O)(=O)N(Cc1cccn1Cc1cccc(Cl)c1)C(C)(C)C. The Labute approximate surface area is 188 Å². The molecular weight excluding hydrogens is 416 g/mol. The second kappa shape index (κ2) is 11.4. The Bertz CT molecular complexity index is 885. The summed E-state index contributed by atoms with van der Waals surface area (Å²) in [5, 5.41) is 0.707. The van der Waals surface area contributed by atoms with E-state index in [1.54, 1.807) is 4.31 Å². The first-order valence-corrected chi connectivity index (χ1v) is 13.0. The summed E-state index contributed by atoms with van der Waals surface area (Å²) in [6.07, 6.45) is 8.43. The molecule has 0 saturated heterocycles. The fourth-order valence-electron chi connectivity index (χ4n) is 3.65. The van der Waals surface area contributed by atoms with Gasteiger partial charge in [0.2, 0.25) is 10.0 Å². The maximum atomic E-state index is 13.2. The van der Waals surface area contributed by atoms with E-state index in [2.05, 4.69) is 11.5 Å². The average Bonchev–Trinajstić information content (AvgIpc) is 3.08. The number of nitrogens with zero attached hydrogens (tertiary/aromatic N) is 2. The predicted octanol–water partition coefficient (Wildman–Crippen LogP) is 6.48. The lowest BCUT2D eigenvalue weighted by atomic mass is 10.1. The van der Waals surface area contributed by atoms with Gasteiger partial charge >= 0.3 is 0 Å². The van der Waals surface area contributed by atoms with Crippen LogP contribution in [-0.2, 0) is 23.1 Å². The molecule has 0 atom stereocenters. The Hall–Kier alpha value is -1.30. The van der Waals surface area contributed by atoms with E-state index in [0.717, 1.165) is 30.5 Å². The van der Waals surface area contributed by atoms with Gasteiger partial charge in [0.1, 0.15) is 0 Å². The molecule has 0 aliphatic heterocycles. The number of sulfonamides is 1. The van der Waals surface area contributed by atoms with Gasteiger partial charge in [0, 0.05) is 29.0 Å². The minimum atomic E-state index is -3.35. The van der Waals surface area contributed by atoms with Gasteiger partial charge in [0.15, 0.2) is 0 Å². The van der Waals surface area contributed by atoms with Crippen LogP contribution in [0.25, 0.3) is 0 Å². The molecule has 30 heavy (non-hydrogen) atoms. The monoisotopic (exact) mass is 452 g/mol. The number of unbranched alkanes of at least 4 members (excludes halogenated alkanes) is 5. The molecule has 0 fully saturated rings. The minimum absolute atomic E-state index is 0.214. The summed E-state index contributed by atoms with van der Waals surface area (Å²) < 4.78 is 30.2. The molecule has 0 aliphatic carbocycles. The molecule has 0 amide bonds. The summed E-state index contributed by atoms with van der Waals surface area (Å²) in [4.78, 5) is 0. The zero-order chi connectivity index (χ0) is 22.2. The van der Waals surface area contributed by atoms with Crippen LogP contribution in [0, 0.1) is 0 Å². The second-order valence-corrected chi connectivity index (χ2v) is 11.5. The first-order valence-electron chi connectivity index (χ1n) is 11.0. The van der Waals surface area contributed by atoms with Crippen molar-refractivity contribution in [3.05, 3.63) is 58.9 Å². The molecule has 0 saturated carbocycles. The maximum Gasteiger partial charge on any atom is 0.214 e. The molecule has 0 spiro atoms. The van der Waals surface area contributed by atoms with Crippen LogP contribution in [0.2, 0.25) is 5.02 Å². The van der Waals surface area contributed by atoms with Crippen LogP contribution in [-0.4, -0.2) is 28.6 Å². The highest BCUT2D eigenvalue weighted by Crippen LogP contribution is 2.24. The Morgan fingerprint density at radius 3 is 2.37 bits per heavy atom. The molecular formula is C24H37ClN2O2S. The molecule has 4 nitrogen and oxygen atoms in total. The third-order valence-corrected chi connectivity index (χ3v) is 7.70. The van der Waals surface area contributed by atoms with Crippen molar-refractivity contribution >= 4 is 21.6 Å². The molecule has 0 bridgehead atoms. The van der Waals surface area contributed by atoms with Crippen LogP contribution in [0.3, 0.4) is 0 Å². The highest BCUT2D eigenvalue weighted by Gasteiger charge is 2.32. The van der Waals surface area contributed by atoms with Gasteiger partial charge in [-0.2, -0.15) is 4.31 Å². The Kier molecular flexibility index (Phi) is 9.45. The summed E-state index contributed by atoms with van der Waals surface area (Å²) in [5.74, 6) is 0.214. The van der Waals surface area contributed by atoms with Gasteiger partial charge in [-0.1, -0.05) is 62.8 Å². The summed E-state index contributed by atoms with van der Waals surface area (Å²) >= 11 is 6.12. The van der Waals surface area contributed by atoms with E-state index >= 15 is 0 Å². The number of hydrogen-bond donors (Lipinski definition) is 0. The molecule has 0 N–H and O–H groups in total. The van der Waals surface area contributed by atoms with Crippen molar-refractivity contribution in [3.63, 3.8) is 0 Å². The zero-order valence-corrected chi connectivity index (χ0v) is 20.5. The Morgan fingerprint density at radius 1 is 1.00 bits per heavy atom. The van der Waals surface area contributed by atoms with E-state index < -0.39 is 15.6 Å². The molecule has 0 unspecified atom stereocenters. The van der Waals surface area contributed by atoms with Crippen LogP contribution in [0.15, 0.2) is 42.6 Å². The molecule has 0 radical (unpaired) electrons. The molecule has 2 rings (SSSR count). The number of hydrogen-bond acceptors (Lipinski definition) is 2. The Morgan fingerprint density at radius 2 is 1.70 bits per heavy atom. The summed E-state index contributed by atoms with van der Waals surface area (Å²) in [7, 11) is -3.35. The minimum Gasteiger partial charge on any atom is -0.346 e. The van der Waals surface area contributed by atoms with Gasteiger partial charge in [0.05, 0.1) is 12.3 Å². The van der Waals surface area contributed by atoms with Crippen LogP contribution < -0.4 is 0 Å². The fraction of sp³-hybridized carbons (Fsp3) is 0.583. The van der Waals surface area contributed by atoms with Crippen molar-refractivity contribution in [2.24, 2.45) is 0 Å². The van der Waals surface area contributed by atoms with E-state index in [-0.39, 0.29) is 5.75 Å². The van der Waals surface area contributed by atoms with Crippen LogP contribution in [0.5, 0.6) is 0 Å². The van der Waals surface area contributed by atoms with E-state index in [1.165, 1.54) is 19.3 Å². The highest BCUT2D eigenvalue weighted by atomic mass is 35.5. The summed E-state index contributed by atoms with van der Waals surface area (Å²) in [5.41, 5.74) is 1.60. The van der Waals surface area contributed by atoms with Gasteiger partial charge in [-0.3, -0.25) is 0 Å². The first kappa shape index (κ1) is 25.0. The van der Waals surface area contributed by atoms with Gasteiger partial charge in [-0.15, -0.1) is 0 Å². The van der Waals surface area contributed by atoms with E-state index in [9.17, 15) is 8.42 Å². The fourth-order valence-corrected chi connectivity index (χ4v) is 5.82. The third-order valence-electron chi connectivity index (χ3n) is 5.31. The Balaban J connectivity index is 2.09. The van der Waals surface area contributed by atoms with E-state index in [0.29, 0.717) is 18.1 Å². The normalized spacial score (nSPS) is 12.6. The predicted molar refractivity (Wildman–Crippen MR) is 127 cm³/mol. The third kappa shape index (κ3) is 7.75. The largest absolute Gasteiger partial charge is 0.346 e. The molecule has 0 aliphatic rings. The summed E-state index contributed by atoms with van der Waals surface area (Å²) in [6, 6.07) is 11.8. The molecule has 6 heteroatoms. The average molecular weight is 453 g/mol. The first-order chi connectivity index (χ1) is 14.1. The van der Waals surface area contributed by atoms with E-state index in [4.69, 9.17) is 11.6 Å². The van der Waals surface area contributed by atoms with Crippen molar-refractivity contribution in [2.45, 2.75) is 84.8 Å².